The minimum absolute atomic E-state index is 0.0906. The fraction of sp³-hybridized carbons (Fsp3) is 0.700. The van der Waals surface area contributed by atoms with Crippen molar-refractivity contribution < 1.29 is 18.0 Å². The number of Topliss-reactive ketones (excluding diaryl/α,β-unsaturated/α-hetero) is 1. The molecule has 1 saturated carbocycles. The van der Waals surface area contributed by atoms with Gasteiger partial charge < -0.3 is 0 Å². The van der Waals surface area contributed by atoms with Gasteiger partial charge in [-0.2, -0.15) is 13.2 Å². The Morgan fingerprint density at radius 1 is 1.44 bits per heavy atom. The fourth-order valence-corrected chi connectivity index (χ4v) is 2.97. The second-order valence-electron chi connectivity index (χ2n) is 4.18. The van der Waals surface area contributed by atoms with Gasteiger partial charge in [-0.25, -0.2) is 0 Å². The molecule has 0 aliphatic heterocycles. The number of halogens is 3. The highest BCUT2D eigenvalue weighted by Crippen LogP contribution is 2.31. The van der Waals surface area contributed by atoms with Crippen molar-refractivity contribution in [2.45, 2.75) is 48.8 Å². The summed E-state index contributed by atoms with van der Waals surface area (Å²) in [5, 5.41) is 7.01. The van der Waals surface area contributed by atoms with Crippen LogP contribution in [0.5, 0.6) is 0 Å². The van der Waals surface area contributed by atoms with Crippen LogP contribution in [-0.2, 0) is 11.3 Å². The van der Waals surface area contributed by atoms with Gasteiger partial charge in [-0.1, -0.05) is 18.2 Å². The first-order chi connectivity index (χ1) is 8.46. The summed E-state index contributed by atoms with van der Waals surface area (Å²) < 4.78 is 37.8. The number of carbonyl (C=O) groups is 1. The first kappa shape index (κ1) is 13.4. The lowest BCUT2D eigenvalue weighted by molar-refractivity contribution is -0.142. The standard InChI is InChI=1S/C10H12F3N3OS/c11-10(12,13)5-16-6-14-15-9(16)18-8-4-2-1-3-7(8)17/h6,8H,1-5H2/t8-/m0/s1. The molecule has 100 valence electrons. The molecule has 0 aromatic carbocycles. The summed E-state index contributed by atoms with van der Waals surface area (Å²) in [7, 11) is 0. The Labute approximate surface area is 106 Å². The van der Waals surface area contributed by atoms with Gasteiger partial charge in [0.15, 0.2) is 5.16 Å². The molecule has 1 aliphatic rings. The van der Waals surface area contributed by atoms with Crippen molar-refractivity contribution in [3.63, 3.8) is 0 Å². The van der Waals surface area contributed by atoms with E-state index in [-0.39, 0.29) is 16.2 Å². The third-order valence-corrected chi connectivity index (χ3v) is 3.99. The largest absolute Gasteiger partial charge is 0.406 e. The minimum atomic E-state index is -4.31. The number of rotatable bonds is 3. The zero-order valence-electron chi connectivity index (χ0n) is 9.48. The Morgan fingerprint density at radius 3 is 2.89 bits per heavy atom. The highest BCUT2D eigenvalue weighted by molar-refractivity contribution is 8.00. The van der Waals surface area contributed by atoms with Gasteiger partial charge in [0.25, 0.3) is 0 Å². The van der Waals surface area contributed by atoms with E-state index in [2.05, 4.69) is 10.2 Å². The van der Waals surface area contributed by atoms with Crippen molar-refractivity contribution >= 4 is 17.5 Å². The molecule has 1 heterocycles. The van der Waals surface area contributed by atoms with E-state index in [9.17, 15) is 18.0 Å². The first-order valence-electron chi connectivity index (χ1n) is 5.59. The van der Waals surface area contributed by atoms with Gasteiger partial charge in [-0.15, -0.1) is 10.2 Å². The summed E-state index contributed by atoms with van der Waals surface area (Å²) in [5.74, 6) is 0.0906. The van der Waals surface area contributed by atoms with E-state index in [4.69, 9.17) is 0 Å². The number of aromatic nitrogens is 3. The SMILES string of the molecule is O=C1CCCC[C@@H]1Sc1nncn1CC(F)(F)F. The molecule has 1 fully saturated rings. The Balaban J connectivity index is 2.05. The molecule has 0 radical (unpaired) electrons. The predicted molar refractivity (Wildman–Crippen MR) is 59.2 cm³/mol. The van der Waals surface area contributed by atoms with Crippen molar-refractivity contribution in [1.29, 1.82) is 0 Å². The summed E-state index contributed by atoms with van der Waals surface area (Å²) in [5.41, 5.74) is 0. The van der Waals surface area contributed by atoms with E-state index < -0.39 is 12.7 Å². The van der Waals surface area contributed by atoms with Gasteiger partial charge in [0.2, 0.25) is 0 Å². The average molecular weight is 279 g/mol. The number of nitrogens with zero attached hydrogens (tertiary/aromatic N) is 3. The Hall–Kier alpha value is -1.05. The highest BCUT2D eigenvalue weighted by atomic mass is 32.2. The zero-order valence-corrected chi connectivity index (χ0v) is 10.3. The Morgan fingerprint density at radius 2 is 2.22 bits per heavy atom. The molecule has 1 atom stereocenters. The van der Waals surface area contributed by atoms with E-state index in [1.807, 2.05) is 0 Å². The third kappa shape index (κ3) is 3.47. The number of carbonyl (C=O) groups excluding carboxylic acids is 1. The molecule has 1 aliphatic carbocycles. The summed E-state index contributed by atoms with van der Waals surface area (Å²) in [6.07, 6.45) is -0.271. The fourth-order valence-electron chi connectivity index (χ4n) is 1.84. The molecule has 0 N–H and O–H groups in total. The van der Waals surface area contributed by atoms with Crippen molar-refractivity contribution in [1.82, 2.24) is 14.8 Å². The predicted octanol–water partition coefficient (Wildman–Crippen LogP) is 2.44. The topological polar surface area (TPSA) is 47.8 Å². The number of hydrogen-bond acceptors (Lipinski definition) is 4. The quantitative estimate of drug-likeness (QED) is 0.852. The van der Waals surface area contributed by atoms with Crippen LogP contribution in [-0.4, -0.2) is 32.0 Å². The monoisotopic (exact) mass is 279 g/mol. The highest BCUT2D eigenvalue weighted by Gasteiger charge is 2.31. The van der Waals surface area contributed by atoms with E-state index in [0.29, 0.717) is 12.8 Å². The van der Waals surface area contributed by atoms with Crippen molar-refractivity contribution in [3.8, 4) is 0 Å². The summed E-state index contributed by atoms with van der Waals surface area (Å²) in [6.45, 7) is -1.12. The van der Waals surface area contributed by atoms with Crippen LogP contribution < -0.4 is 0 Å². The van der Waals surface area contributed by atoms with Crippen molar-refractivity contribution in [2.75, 3.05) is 0 Å². The normalized spacial score (nSPS) is 21.3. The van der Waals surface area contributed by atoms with Crippen molar-refractivity contribution in [2.24, 2.45) is 0 Å². The van der Waals surface area contributed by atoms with Gasteiger partial charge >= 0.3 is 6.18 Å². The molecule has 8 heteroatoms. The maximum Gasteiger partial charge on any atom is 0.406 e. The molecular weight excluding hydrogens is 267 g/mol. The second-order valence-corrected chi connectivity index (χ2v) is 5.35. The van der Waals surface area contributed by atoms with Crippen LogP contribution in [0.1, 0.15) is 25.7 Å². The summed E-state index contributed by atoms with van der Waals surface area (Å²) >= 11 is 1.09. The first-order valence-corrected chi connectivity index (χ1v) is 6.47. The van der Waals surface area contributed by atoms with Crippen molar-refractivity contribution in [3.05, 3.63) is 6.33 Å². The van der Waals surface area contributed by atoms with E-state index >= 15 is 0 Å². The molecule has 0 unspecified atom stereocenters. The summed E-state index contributed by atoms with van der Waals surface area (Å²) in [6, 6.07) is 0. The lowest BCUT2D eigenvalue weighted by Crippen LogP contribution is -2.23. The molecule has 1 aromatic heterocycles. The molecule has 0 bridgehead atoms. The smallest absolute Gasteiger partial charge is 0.299 e. The second kappa shape index (κ2) is 5.29. The maximum absolute atomic E-state index is 12.3. The lowest BCUT2D eigenvalue weighted by Gasteiger charge is -2.19. The van der Waals surface area contributed by atoms with Crippen LogP contribution in [0, 0.1) is 0 Å². The third-order valence-electron chi connectivity index (χ3n) is 2.68. The van der Waals surface area contributed by atoms with Gasteiger partial charge in [0.1, 0.15) is 18.7 Å². The van der Waals surface area contributed by atoms with Gasteiger partial charge in [-0.05, 0) is 12.8 Å². The number of ketones is 1. The van der Waals surface area contributed by atoms with Crippen LogP contribution in [0.4, 0.5) is 13.2 Å². The summed E-state index contributed by atoms with van der Waals surface area (Å²) in [4.78, 5) is 11.6. The average Bonchev–Trinajstić information content (AvgIpc) is 2.67. The molecular formula is C10H12F3N3OS. The zero-order chi connectivity index (χ0) is 13.2. The Kier molecular flexibility index (Phi) is 3.94. The molecule has 1 aromatic rings. The maximum atomic E-state index is 12.3. The number of thioether (sulfide) groups is 1. The van der Waals surface area contributed by atoms with Gasteiger partial charge in [0, 0.05) is 6.42 Å². The lowest BCUT2D eigenvalue weighted by atomic mass is 9.99. The van der Waals surface area contributed by atoms with Gasteiger partial charge in [-0.3, -0.25) is 9.36 Å². The molecule has 2 rings (SSSR count). The van der Waals surface area contributed by atoms with Crippen LogP contribution in [0.2, 0.25) is 0 Å². The molecule has 0 saturated heterocycles. The number of alkyl halides is 3. The van der Waals surface area contributed by atoms with Crippen LogP contribution in [0.3, 0.4) is 0 Å². The Bertz CT molecular complexity index is 432. The van der Waals surface area contributed by atoms with E-state index in [0.717, 1.165) is 35.5 Å². The molecule has 0 amide bonds. The van der Waals surface area contributed by atoms with E-state index in [1.165, 1.54) is 0 Å². The molecule has 4 nitrogen and oxygen atoms in total. The minimum Gasteiger partial charge on any atom is -0.299 e. The van der Waals surface area contributed by atoms with Crippen LogP contribution in [0.25, 0.3) is 0 Å². The van der Waals surface area contributed by atoms with Crippen LogP contribution >= 0.6 is 11.8 Å². The van der Waals surface area contributed by atoms with Crippen LogP contribution in [0.15, 0.2) is 11.5 Å². The van der Waals surface area contributed by atoms with Gasteiger partial charge in [0.05, 0.1) is 5.25 Å². The molecule has 18 heavy (non-hydrogen) atoms. The van der Waals surface area contributed by atoms with E-state index in [1.54, 1.807) is 0 Å². The molecule has 0 spiro atoms. The number of hydrogen-bond donors (Lipinski definition) is 0.